The van der Waals surface area contributed by atoms with Crippen LogP contribution in [0.15, 0.2) is 0 Å². The van der Waals surface area contributed by atoms with Crippen LogP contribution < -0.4 is 11.3 Å². The first kappa shape index (κ1) is 13.7. The van der Waals surface area contributed by atoms with Gasteiger partial charge in [-0.3, -0.25) is 10.2 Å². The molecule has 0 aliphatic heterocycles. The first-order valence-electron chi connectivity index (χ1n) is 4.76. The van der Waals surface area contributed by atoms with Crippen molar-refractivity contribution in [3.63, 3.8) is 0 Å². The normalized spacial score (nSPS) is 14.9. The van der Waals surface area contributed by atoms with Gasteiger partial charge in [-0.1, -0.05) is 20.3 Å². The Labute approximate surface area is 89.9 Å². The zero-order valence-electron chi connectivity index (χ0n) is 9.08. The first-order valence-corrected chi connectivity index (χ1v) is 5.81. The molecule has 1 amide bonds. The smallest absolute Gasteiger partial charge is 0.249 e. The van der Waals surface area contributed by atoms with Gasteiger partial charge in [-0.25, -0.2) is 5.84 Å². The molecule has 0 radical (unpaired) electrons. The molecule has 0 spiro atoms. The molecule has 0 saturated carbocycles. The number of thioether (sulfide) groups is 1. The fourth-order valence-corrected chi connectivity index (χ4v) is 2.09. The Morgan fingerprint density at radius 2 is 2.29 bits per heavy atom. The highest BCUT2D eigenvalue weighted by atomic mass is 32.2. The molecule has 2 unspecified atom stereocenters. The number of hydrazine groups is 1. The molecule has 14 heavy (non-hydrogen) atoms. The molecule has 0 heterocycles. The molecule has 0 fully saturated rings. The number of ether oxygens (including phenoxy) is 1. The quantitative estimate of drug-likeness (QED) is 0.378. The number of amides is 1. The number of nitrogens with one attached hydrogen (secondary N) is 1. The standard InChI is InChI=1S/C9H20N2O2S/c1-4-7(2)6-14-8(5-13-3)9(12)11-10/h7-8H,4-6,10H2,1-3H3,(H,11,12). The molecular weight excluding hydrogens is 200 g/mol. The number of hydrogen-bond donors (Lipinski definition) is 2. The van der Waals surface area contributed by atoms with E-state index in [1.54, 1.807) is 18.9 Å². The van der Waals surface area contributed by atoms with Crippen LogP contribution in [0.25, 0.3) is 0 Å². The van der Waals surface area contributed by atoms with Crippen LogP contribution in [0.1, 0.15) is 20.3 Å². The molecule has 84 valence electrons. The summed E-state index contributed by atoms with van der Waals surface area (Å²) in [5.41, 5.74) is 2.15. The van der Waals surface area contributed by atoms with Crippen molar-refractivity contribution < 1.29 is 9.53 Å². The van der Waals surface area contributed by atoms with Gasteiger partial charge in [0.25, 0.3) is 0 Å². The lowest BCUT2D eigenvalue weighted by molar-refractivity contribution is -0.121. The highest BCUT2D eigenvalue weighted by molar-refractivity contribution is 8.00. The predicted octanol–water partition coefficient (Wildman–Crippen LogP) is 0.771. The van der Waals surface area contributed by atoms with Crippen LogP contribution in [0.2, 0.25) is 0 Å². The van der Waals surface area contributed by atoms with Gasteiger partial charge in [0.2, 0.25) is 5.91 Å². The van der Waals surface area contributed by atoms with Gasteiger partial charge in [-0.2, -0.15) is 0 Å². The Morgan fingerprint density at radius 1 is 1.64 bits per heavy atom. The molecule has 4 nitrogen and oxygen atoms in total. The van der Waals surface area contributed by atoms with Crippen LogP contribution in [0.4, 0.5) is 0 Å². The van der Waals surface area contributed by atoms with Crippen LogP contribution in [0.3, 0.4) is 0 Å². The fourth-order valence-electron chi connectivity index (χ4n) is 0.842. The molecule has 0 aromatic heterocycles. The summed E-state index contributed by atoms with van der Waals surface area (Å²) in [5, 5.41) is -0.195. The molecule has 5 heteroatoms. The Kier molecular flexibility index (Phi) is 7.93. The SMILES string of the molecule is CCC(C)CSC(COC)C(=O)NN. The Morgan fingerprint density at radius 3 is 2.71 bits per heavy atom. The summed E-state index contributed by atoms with van der Waals surface area (Å²) in [6, 6.07) is 0. The number of hydrogen-bond acceptors (Lipinski definition) is 4. The van der Waals surface area contributed by atoms with Gasteiger partial charge in [0.1, 0.15) is 5.25 Å². The lowest BCUT2D eigenvalue weighted by atomic mass is 10.2. The second-order valence-corrected chi connectivity index (χ2v) is 4.54. The minimum atomic E-state index is -0.195. The van der Waals surface area contributed by atoms with Gasteiger partial charge in [-0.15, -0.1) is 11.8 Å². The molecule has 0 rings (SSSR count). The summed E-state index contributed by atoms with van der Waals surface area (Å²) in [4.78, 5) is 11.3. The maximum Gasteiger partial charge on any atom is 0.249 e. The molecule has 0 bridgehead atoms. The van der Waals surface area contributed by atoms with Gasteiger partial charge >= 0.3 is 0 Å². The summed E-state index contributed by atoms with van der Waals surface area (Å²) in [7, 11) is 1.58. The van der Waals surface area contributed by atoms with Crippen molar-refractivity contribution in [2.75, 3.05) is 19.5 Å². The number of nitrogens with two attached hydrogens (primary N) is 1. The summed E-state index contributed by atoms with van der Waals surface area (Å²) in [6.45, 7) is 4.71. The van der Waals surface area contributed by atoms with Crippen molar-refractivity contribution in [1.29, 1.82) is 0 Å². The van der Waals surface area contributed by atoms with Gasteiger partial charge in [-0.05, 0) is 11.7 Å². The highest BCUT2D eigenvalue weighted by Crippen LogP contribution is 2.17. The zero-order chi connectivity index (χ0) is 11.0. The largest absolute Gasteiger partial charge is 0.383 e. The number of methoxy groups -OCH3 is 1. The third-order valence-corrected chi connectivity index (χ3v) is 3.55. The van der Waals surface area contributed by atoms with Crippen LogP contribution in [-0.4, -0.2) is 30.6 Å². The minimum Gasteiger partial charge on any atom is -0.383 e. The van der Waals surface area contributed by atoms with Crippen molar-refractivity contribution in [2.24, 2.45) is 11.8 Å². The van der Waals surface area contributed by atoms with Crippen LogP contribution in [0, 0.1) is 5.92 Å². The van der Waals surface area contributed by atoms with Gasteiger partial charge in [0.05, 0.1) is 6.61 Å². The van der Waals surface area contributed by atoms with E-state index in [2.05, 4.69) is 19.3 Å². The lowest BCUT2D eigenvalue weighted by Crippen LogP contribution is -2.40. The molecule has 0 saturated heterocycles. The predicted molar refractivity (Wildman–Crippen MR) is 59.9 cm³/mol. The van der Waals surface area contributed by atoms with E-state index in [9.17, 15) is 4.79 Å². The maximum atomic E-state index is 11.3. The third kappa shape index (κ3) is 5.47. The molecular formula is C9H20N2O2S. The van der Waals surface area contributed by atoms with Gasteiger partial charge in [0.15, 0.2) is 0 Å². The van der Waals surface area contributed by atoms with Crippen molar-refractivity contribution in [3.05, 3.63) is 0 Å². The first-order chi connectivity index (χ1) is 6.65. The Hall–Kier alpha value is -0.260. The van der Waals surface area contributed by atoms with Crippen LogP contribution in [0.5, 0.6) is 0 Å². The number of rotatable bonds is 7. The van der Waals surface area contributed by atoms with Gasteiger partial charge < -0.3 is 4.74 Å². The van der Waals surface area contributed by atoms with E-state index < -0.39 is 0 Å². The van der Waals surface area contributed by atoms with E-state index in [4.69, 9.17) is 10.6 Å². The van der Waals surface area contributed by atoms with E-state index in [0.717, 1.165) is 12.2 Å². The van der Waals surface area contributed by atoms with Crippen LogP contribution >= 0.6 is 11.8 Å². The Bertz CT molecular complexity index is 167. The molecule has 0 aliphatic rings. The number of carbonyl (C=O) groups excluding carboxylic acids is 1. The lowest BCUT2D eigenvalue weighted by Gasteiger charge is -2.15. The van der Waals surface area contributed by atoms with Crippen molar-refractivity contribution >= 4 is 17.7 Å². The average molecular weight is 220 g/mol. The number of carbonyl (C=O) groups is 1. The topological polar surface area (TPSA) is 64.3 Å². The minimum absolute atomic E-state index is 0.167. The monoisotopic (exact) mass is 220 g/mol. The van der Waals surface area contributed by atoms with Crippen LogP contribution in [-0.2, 0) is 9.53 Å². The molecule has 3 N–H and O–H groups in total. The summed E-state index contributed by atoms with van der Waals surface area (Å²) in [6.07, 6.45) is 1.12. The van der Waals surface area contributed by atoms with E-state index in [0.29, 0.717) is 12.5 Å². The highest BCUT2D eigenvalue weighted by Gasteiger charge is 2.18. The average Bonchev–Trinajstić information content (AvgIpc) is 2.22. The fraction of sp³-hybridized carbons (Fsp3) is 0.889. The second-order valence-electron chi connectivity index (χ2n) is 3.30. The molecule has 0 aromatic rings. The van der Waals surface area contributed by atoms with E-state index in [1.807, 2.05) is 0 Å². The third-order valence-electron chi connectivity index (χ3n) is 2.03. The summed E-state index contributed by atoms with van der Waals surface area (Å²) >= 11 is 1.59. The second kappa shape index (κ2) is 8.08. The van der Waals surface area contributed by atoms with E-state index >= 15 is 0 Å². The zero-order valence-corrected chi connectivity index (χ0v) is 9.89. The Balaban J connectivity index is 3.90. The van der Waals surface area contributed by atoms with E-state index in [-0.39, 0.29) is 11.2 Å². The summed E-state index contributed by atoms with van der Waals surface area (Å²) < 4.78 is 4.96. The molecule has 2 atom stereocenters. The van der Waals surface area contributed by atoms with Crippen molar-refractivity contribution in [2.45, 2.75) is 25.5 Å². The summed E-state index contributed by atoms with van der Waals surface area (Å²) in [5.74, 6) is 6.48. The maximum absolute atomic E-state index is 11.3. The molecule has 0 aromatic carbocycles. The van der Waals surface area contributed by atoms with Crippen molar-refractivity contribution in [1.82, 2.24) is 5.43 Å². The molecule has 0 aliphatic carbocycles. The van der Waals surface area contributed by atoms with E-state index in [1.165, 1.54) is 0 Å². The van der Waals surface area contributed by atoms with Crippen molar-refractivity contribution in [3.8, 4) is 0 Å². The van der Waals surface area contributed by atoms with Gasteiger partial charge in [0, 0.05) is 7.11 Å².